The number of carbonyl (C=O) groups is 1. The number of rotatable bonds is 2. The molecule has 0 bridgehead atoms. The highest BCUT2D eigenvalue weighted by Gasteiger charge is 2.28. The quantitative estimate of drug-likeness (QED) is 0.866. The fraction of sp³-hybridized carbons (Fsp3) is 0.462. The highest BCUT2D eigenvalue weighted by atomic mass is 35.5. The van der Waals surface area contributed by atoms with E-state index in [0.29, 0.717) is 5.56 Å². The SMILES string of the molecule is CC1(NC(=O)c2cccc(F)c2)CCNCC1.Cl. The van der Waals surface area contributed by atoms with Crippen molar-refractivity contribution >= 4 is 18.3 Å². The van der Waals surface area contributed by atoms with Crippen LogP contribution in [0.15, 0.2) is 24.3 Å². The Labute approximate surface area is 113 Å². The van der Waals surface area contributed by atoms with Gasteiger partial charge >= 0.3 is 0 Å². The molecule has 0 atom stereocenters. The maximum Gasteiger partial charge on any atom is 0.251 e. The minimum atomic E-state index is -0.381. The third-order valence-electron chi connectivity index (χ3n) is 3.21. The van der Waals surface area contributed by atoms with Crippen LogP contribution in [0.2, 0.25) is 0 Å². The fourth-order valence-electron chi connectivity index (χ4n) is 2.08. The van der Waals surface area contributed by atoms with E-state index in [-0.39, 0.29) is 29.7 Å². The van der Waals surface area contributed by atoms with Crippen LogP contribution in [0.1, 0.15) is 30.1 Å². The van der Waals surface area contributed by atoms with E-state index in [1.807, 2.05) is 6.92 Å². The number of piperidine rings is 1. The second kappa shape index (κ2) is 6.16. The summed E-state index contributed by atoms with van der Waals surface area (Å²) in [6, 6.07) is 5.78. The van der Waals surface area contributed by atoms with Crippen molar-refractivity contribution < 1.29 is 9.18 Å². The molecule has 5 heteroatoms. The average molecular weight is 273 g/mol. The van der Waals surface area contributed by atoms with Gasteiger partial charge in [-0.3, -0.25) is 4.79 Å². The Balaban J connectivity index is 0.00000162. The summed E-state index contributed by atoms with van der Waals surface area (Å²) in [5.74, 6) is -0.581. The Bertz CT molecular complexity index is 419. The van der Waals surface area contributed by atoms with Crippen molar-refractivity contribution in [2.75, 3.05) is 13.1 Å². The Kier molecular flexibility index (Phi) is 5.11. The lowest BCUT2D eigenvalue weighted by molar-refractivity contribution is 0.0887. The van der Waals surface area contributed by atoms with E-state index in [9.17, 15) is 9.18 Å². The fourth-order valence-corrected chi connectivity index (χ4v) is 2.08. The number of amides is 1. The summed E-state index contributed by atoms with van der Waals surface area (Å²) in [5.41, 5.74) is 0.194. The zero-order chi connectivity index (χ0) is 12.3. The van der Waals surface area contributed by atoms with Crippen LogP contribution in [-0.2, 0) is 0 Å². The molecule has 2 N–H and O–H groups in total. The predicted octanol–water partition coefficient (Wildman–Crippen LogP) is 2.12. The number of carbonyl (C=O) groups excluding carboxylic acids is 1. The molecule has 1 aliphatic rings. The van der Waals surface area contributed by atoms with E-state index in [1.54, 1.807) is 12.1 Å². The molecule has 1 aliphatic heterocycles. The number of benzene rings is 1. The van der Waals surface area contributed by atoms with Crippen LogP contribution in [-0.4, -0.2) is 24.5 Å². The van der Waals surface area contributed by atoms with Gasteiger partial charge in [-0.15, -0.1) is 12.4 Å². The first-order valence-electron chi connectivity index (χ1n) is 5.88. The van der Waals surface area contributed by atoms with Gasteiger partial charge in [0.25, 0.3) is 5.91 Å². The van der Waals surface area contributed by atoms with Crippen LogP contribution in [0.5, 0.6) is 0 Å². The van der Waals surface area contributed by atoms with Crippen molar-refractivity contribution in [2.24, 2.45) is 0 Å². The molecule has 0 aliphatic carbocycles. The van der Waals surface area contributed by atoms with Crippen LogP contribution < -0.4 is 10.6 Å². The van der Waals surface area contributed by atoms with Crippen molar-refractivity contribution in [1.82, 2.24) is 10.6 Å². The molecule has 100 valence electrons. The van der Waals surface area contributed by atoms with Gasteiger partial charge in [0, 0.05) is 11.1 Å². The van der Waals surface area contributed by atoms with Gasteiger partial charge in [0.2, 0.25) is 0 Å². The van der Waals surface area contributed by atoms with Gasteiger partial charge in [-0.25, -0.2) is 4.39 Å². The molecule has 0 saturated carbocycles. The Morgan fingerprint density at radius 1 is 1.39 bits per heavy atom. The summed E-state index contributed by atoms with van der Waals surface area (Å²) in [6.45, 7) is 3.84. The standard InChI is InChI=1S/C13H17FN2O.ClH/c1-13(5-7-15-8-6-13)16-12(17)10-3-2-4-11(14)9-10;/h2-4,9,15H,5-8H2,1H3,(H,16,17);1H. The summed E-state index contributed by atoms with van der Waals surface area (Å²) in [6.07, 6.45) is 1.79. The molecule has 1 aromatic carbocycles. The second-order valence-electron chi connectivity index (χ2n) is 4.78. The van der Waals surface area contributed by atoms with Crippen LogP contribution in [0.25, 0.3) is 0 Å². The van der Waals surface area contributed by atoms with Crippen molar-refractivity contribution in [3.63, 3.8) is 0 Å². The van der Waals surface area contributed by atoms with Gasteiger partial charge in [0.15, 0.2) is 0 Å². The molecule has 3 nitrogen and oxygen atoms in total. The number of halogens is 2. The second-order valence-corrected chi connectivity index (χ2v) is 4.78. The van der Waals surface area contributed by atoms with E-state index >= 15 is 0 Å². The van der Waals surface area contributed by atoms with Crippen LogP contribution in [0.4, 0.5) is 4.39 Å². The highest BCUT2D eigenvalue weighted by molar-refractivity contribution is 5.94. The first-order chi connectivity index (χ1) is 8.09. The monoisotopic (exact) mass is 272 g/mol. The van der Waals surface area contributed by atoms with E-state index in [4.69, 9.17) is 0 Å². The highest BCUT2D eigenvalue weighted by Crippen LogP contribution is 2.18. The summed E-state index contributed by atoms with van der Waals surface area (Å²) in [5, 5.41) is 6.24. The lowest BCUT2D eigenvalue weighted by Crippen LogP contribution is -2.52. The molecular weight excluding hydrogens is 255 g/mol. The van der Waals surface area contributed by atoms with Gasteiger partial charge < -0.3 is 10.6 Å². The molecule has 0 unspecified atom stereocenters. The first kappa shape index (κ1) is 14.9. The summed E-state index contributed by atoms with van der Waals surface area (Å²) in [4.78, 5) is 12.0. The van der Waals surface area contributed by atoms with Crippen molar-refractivity contribution in [3.8, 4) is 0 Å². The zero-order valence-electron chi connectivity index (χ0n) is 10.3. The lowest BCUT2D eigenvalue weighted by atomic mass is 9.90. The van der Waals surface area contributed by atoms with E-state index < -0.39 is 0 Å². The normalized spacial score (nSPS) is 17.7. The maximum absolute atomic E-state index is 13.0. The molecule has 1 saturated heterocycles. The molecule has 1 heterocycles. The third-order valence-corrected chi connectivity index (χ3v) is 3.21. The molecule has 1 fully saturated rings. The van der Waals surface area contributed by atoms with Gasteiger partial charge in [0.05, 0.1) is 0 Å². The zero-order valence-corrected chi connectivity index (χ0v) is 11.1. The molecule has 2 rings (SSSR count). The Morgan fingerprint density at radius 2 is 2.06 bits per heavy atom. The minimum Gasteiger partial charge on any atom is -0.347 e. The number of hydrogen-bond acceptors (Lipinski definition) is 2. The van der Waals surface area contributed by atoms with Crippen LogP contribution in [0.3, 0.4) is 0 Å². The summed E-state index contributed by atoms with van der Waals surface area (Å²) >= 11 is 0. The molecule has 18 heavy (non-hydrogen) atoms. The van der Waals surface area contributed by atoms with Gasteiger partial charge in [0.1, 0.15) is 5.82 Å². The third kappa shape index (κ3) is 3.68. The smallest absolute Gasteiger partial charge is 0.251 e. The largest absolute Gasteiger partial charge is 0.347 e. The van der Waals surface area contributed by atoms with Gasteiger partial charge in [-0.05, 0) is 51.1 Å². The molecule has 1 aromatic rings. The molecular formula is C13H18ClFN2O. The predicted molar refractivity (Wildman–Crippen MR) is 71.6 cm³/mol. The maximum atomic E-state index is 13.0. The molecule has 0 spiro atoms. The summed E-state index contributed by atoms with van der Waals surface area (Å²) in [7, 11) is 0. The van der Waals surface area contributed by atoms with Gasteiger partial charge in [-0.2, -0.15) is 0 Å². The Morgan fingerprint density at radius 3 is 2.67 bits per heavy atom. The van der Waals surface area contributed by atoms with E-state index in [2.05, 4.69) is 10.6 Å². The number of hydrogen-bond donors (Lipinski definition) is 2. The van der Waals surface area contributed by atoms with E-state index in [0.717, 1.165) is 25.9 Å². The first-order valence-corrected chi connectivity index (χ1v) is 5.88. The van der Waals surface area contributed by atoms with Crippen LogP contribution >= 0.6 is 12.4 Å². The Hall–Kier alpha value is -1.13. The van der Waals surface area contributed by atoms with Crippen LogP contribution in [0, 0.1) is 5.82 Å². The van der Waals surface area contributed by atoms with Crippen molar-refractivity contribution in [3.05, 3.63) is 35.6 Å². The van der Waals surface area contributed by atoms with Crippen molar-refractivity contribution in [2.45, 2.75) is 25.3 Å². The topological polar surface area (TPSA) is 41.1 Å². The minimum absolute atomic E-state index is 0. The molecule has 0 aromatic heterocycles. The molecule has 0 radical (unpaired) electrons. The van der Waals surface area contributed by atoms with Crippen molar-refractivity contribution in [1.29, 1.82) is 0 Å². The summed E-state index contributed by atoms with van der Waals surface area (Å²) < 4.78 is 13.0. The van der Waals surface area contributed by atoms with E-state index in [1.165, 1.54) is 12.1 Å². The lowest BCUT2D eigenvalue weighted by Gasteiger charge is -2.35. The number of nitrogens with one attached hydrogen (secondary N) is 2. The molecule has 1 amide bonds. The van der Waals surface area contributed by atoms with Gasteiger partial charge in [-0.1, -0.05) is 6.07 Å². The average Bonchev–Trinajstić information content (AvgIpc) is 2.29.